The van der Waals surface area contributed by atoms with E-state index in [1.807, 2.05) is 45.2 Å². The highest BCUT2D eigenvalue weighted by atomic mass is 127. The number of piperidine rings is 1. The van der Waals surface area contributed by atoms with Gasteiger partial charge >= 0.3 is 0 Å². The quantitative estimate of drug-likeness (QED) is 0.420. The normalized spacial score (nSPS) is 18.6. The van der Waals surface area contributed by atoms with Crippen molar-refractivity contribution in [1.82, 2.24) is 10.6 Å². The number of halogens is 2. The summed E-state index contributed by atoms with van der Waals surface area (Å²) in [6.07, 6.45) is 0.449. The fourth-order valence-corrected chi connectivity index (χ4v) is 3.65. The van der Waals surface area contributed by atoms with Crippen LogP contribution in [0, 0.1) is 7.14 Å². The maximum Gasteiger partial charge on any atom is 0.255 e. The van der Waals surface area contributed by atoms with Crippen molar-refractivity contribution >= 4 is 62.9 Å². The van der Waals surface area contributed by atoms with E-state index in [2.05, 4.69) is 10.6 Å². The number of carbonyl (C=O) groups excluding carboxylic acids is 3. The zero-order valence-corrected chi connectivity index (χ0v) is 14.4. The van der Waals surface area contributed by atoms with Gasteiger partial charge in [0.15, 0.2) is 0 Å². The molecule has 2 rings (SSSR count). The van der Waals surface area contributed by atoms with Crippen molar-refractivity contribution in [2.24, 2.45) is 0 Å². The Bertz CT molecular complexity index is 603. The fraction of sp³-hybridized carbons (Fsp3) is 0.250. The van der Waals surface area contributed by atoms with Crippen LogP contribution in [0.1, 0.15) is 23.2 Å². The summed E-state index contributed by atoms with van der Waals surface area (Å²) in [7, 11) is 0. The maximum absolute atomic E-state index is 12.1. The van der Waals surface area contributed by atoms with E-state index in [0.29, 0.717) is 3.57 Å². The number of hydrogen-bond acceptors (Lipinski definition) is 4. The highest BCUT2D eigenvalue weighted by molar-refractivity contribution is 14.1. The third-order valence-corrected chi connectivity index (χ3v) is 4.26. The van der Waals surface area contributed by atoms with E-state index >= 15 is 0 Å². The zero-order valence-electron chi connectivity index (χ0n) is 10.1. The number of phenolic OH excluding ortho intramolecular Hbond substituents is 1. The predicted octanol–water partition coefficient (Wildman–Crippen LogP) is 1.14. The minimum Gasteiger partial charge on any atom is -0.506 e. The number of amides is 3. The second-order valence-corrected chi connectivity index (χ2v) is 6.67. The van der Waals surface area contributed by atoms with E-state index in [1.165, 1.54) is 0 Å². The Kier molecular flexibility index (Phi) is 4.83. The third kappa shape index (κ3) is 3.40. The van der Waals surface area contributed by atoms with Gasteiger partial charge in [0.05, 0.1) is 9.13 Å². The zero-order chi connectivity index (χ0) is 14.9. The van der Waals surface area contributed by atoms with Gasteiger partial charge in [-0.3, -0.25) is 19.7 Å². The first-order valence-electron chi connectivity index (χ1n) is 5.71. The molecule has 0 spiro atoms. The average molecular weight is 500 g/mol. The van der Waals surface area contributed by atoms with Crippen molar-refractivity contribution in [3.8, 4) is 5.75 Å². The van der Waals surface area contributed by atoms with E-state index in [9.17, 15) is 19.5 Å². The smallest absolute Gasteiger partial charge is 0.255 e. The molecular formula is C12H10I2N2O4. The molecule has 20 heavy (non-hydrogen) atoms. The molecule has 0 saturated carbocycles. The topological polar surface area (TPSA) is 95.5 Å². The lowest BCUT2D eigenvalue weighted by molar-refractivity contribution is -0.134. The molecule has 1 heterocycles. The lowest BCUT2D eigenvalue weighted by Gasteiger charge is -2.22. The number of hydrogen-bond donors (Lipinski definition) is 3. The molecule has 1 aliphatic rings. The summed E-state index contributed by atoms with van der Waals surface area (Å²) in [4.78, 5) is 34.7. The molecule has 1 aliphatic heterocycles. The molecule has 0 bridgehead atoms. The number of aromatic hydroxyl groups is 1. The fourth-order valence-electron chi connectivity index (χ4n) is 1.81. The second-order valence-electron chi connectivity index (χ2n) is 4.26. The van der Waals surface area contributed by atoms with Gasteiger partial charge in [0.2, 0.25) is 11.8 Å². The van der Waals surface area contributed by atoms with Gasteiger partial charge in [-0.15, -0.1) is 0 Å². The van der Waals surface area contributed by atoms with E-state index < -0.39 is 17.9 Å². The summed E-state index contributed by atoms with van der Waals surface area (Å²) >= 11 is 3.97. The third-order valence-electron chi connectivity index (χ3n) is 2.82. The molecule has 1 saturated heterocycles. The molecule has 0 radical (unpaired) electrons. The molecule has 3 N–H and O–H groups in total. The monoisotopic (exact) mass is 500 g/mol. The van der Waals surface area contributed by atoms with Gasteiger partial charge in [-0.25, -0.2) is 0 Å². The molecular weight excluding hydrogens is 490 g/mol. The number of rotatable bonds is 2. The first-order chi connectivity index (χ1) is 9.38. The minimum atomic E-state index is -0.755. The Morgan fingerprint density at radius 2 is 2.05 bits per heavy atom. The van der Waals surface area contributed by atoms with Crippen LogP contribution in [0.3, 0.4) is 0 Å². The molecule has 3 amide bonds. The van der Waals surface area contributed by atoms with E-state index in [1.54, 1.807) is 12.1 Å². The number of nitrogens with one attached hydrogen (secondary N) is 2. The largest absolute Gasteiger partial charge is 0.506 e. The Hall–Kier alpha value is -0.910. The first-order valence-corrected chi connectivity index (χ1v) is 7.87. The molecule has 1 fully saturated rings. The SMILES string of the molecule is O=C1CCC(NC(=O)c2cc(I)cc(I)c2O)C(=O)N1. The predicted molar refractivity (Wildman–Crippen MR) is 87.2 cm³/mol. The standard InChI is InChI=1S/C12H10I2N2O4/c13-5-3-6(10(18)7(14)4-5)11(19)15-8-1-2-9(17)16-12(8)20/h3-4,8,18H,1-2H2,(H,15,19)(H,16,17,20). The lowest BCUT2D eigenvalue weighted by Crippen LogP contribution is -2.52. The minimum absolute atomic E-state index is 0.115. The van der Waals surface area contributed by atoms with Crippen LogP contribution in [0.5, 0.6) is 5.75 Å². The highest BCUT2D eigenvalue weighted by Crippen LogP contribution is 2.27. The molecule has 0 aliphatic carbocycles. The summed E-state index contributed by atoms with van der Waals surface area (Å²) < 4.78 is 1.36. The van der Waals surface area contributed by atoms with Gasteiger partial charge in [0, 0.05) is 9.99 Å². The van der Waals surface area contributed by atoms with Gasteiger partial charge < -0.3 is 10.4 Å². The summed E-state index contributed by atoms with van der Waals surface area (Å²) in [6.45, 7) is 0. The molecule has 1 atom stereocenters. The van der Waals surface area contributed by atoms with Gasteiger partial charge in [0.1, 0.15) is 11.8 Å². The van der Waals surface area contributed by atoms with Crippen LogP contribution >= 0.6 is 45.2 Å². The number of phenols is 1. The Labute approximate surface area is 142 Å². The van der Waals surface area contributed by atoms with Gasteiger partial charge in [0.25, 0.3) is 5.91 Å². The van der Waals surface area contributed by atoms with Crippen molar-refractivity contribution in [3.05, 3.63) is 24.8 Å². The second kappa shape index (κ2) is 6.24. The Morgan fingerprint density at radius 3 is 2.70 bits per heavy atom. The molecule has 1 aromatic rings. The molecule has 0 aromatic heterocycles. The lowest BCUT2D eigenvalue weighted by atomic mass is 10.1. The molecule has 8 heteroatoms. The van der Waals surface area contributed by atoms with Crippen LogP contribution in [-0.2, 0) is 9.59 Å². The first kappa shape index (κ1) is 15.5. The Morgan fingerprint density at radius 1 is 1.35 bits per heavy atom. The molecule has 1 aromatic carbocycles. The van der Waals surface area contributed by atoms with Crippen LogP contribution in [0.15, 0.2) is 12.1 Å². The van der Waals surface area contributed by atoms with Crippen molar-refractivity contribution in [2.45, 2.75) is 18.9 Å². The van der Waals surface area contributed by atoms with Crippen molar-refractivity contribution in [1.29, 1.82) is 0 Å². The number of carbonyl (C=O) groups is 3. The Balaban J connectivity index is 2.17. The van der Waals surface area contributed by atoms with E-state index in [-0.39, 0.29) is 30.1 Å². The number of benzene rings is 1. The summed E-state index contributed by atoms with van der Waals surface area (Å²) in [5.41, 5.74) is 0.117. The molecule has 6 nitrogen and oxygen atoms in total. The van der Waals surface area contributed by atoms with Gasteiger partial charge in [-0.2, -0.15) is 0 Å². The van der Waals surface area contributed by atoms with Crippen LogP contribution in [0.4, 0.5) is 0 Å². The van der Waals surface area contributed by atoms with Gasteiger partial charge in [-0.05, 0) is 63.7 Å². The van der Waals surface area contributed by atoms with Crippen LogP contribution in [0.25, 0.3) is 0 Å². The average Bonchev–Trinajstić information content (AvgIpc) is 2.37. The summed E-state index contributed by atoms with van der Waals surface area (Å²) in [6, 6.07) is 2.52. The molecule has 106 valence electrons. The van der Waals surface area contributed by atoms with Crippen molar-refractivity contribution < 1.29 is 19.5 Å². The van der Waals surface area contributed by atoms with E-state index in [4.69, 9.17) is 0 Å². The summed E-state index contributed by atoms with van der Waals surface area (Å²) in [5.74, 6) is -1.51. The maximum atomic E-state index is 12.1. The highest BCUT2D eigenvalue weighted by Gasteiger charge is 2.29. The number of imide groups is 1. The van der Waals surface area contributed by atoms with Crippen molar-refractivity contribution in [2.75, 3.05) is 0 Å². The van der Waals surface area contributed by atoms with Crippen LogP contribution < -0.4 is 10.6 Å². The summed E-state index contributed by atoms with van der Waals surface area (Å²) in [5, 5.41) is 14.6. The van der Waals surface area contributed by atoms with Crippen LogP contribution in [0.2, 0.25) is 0 Å². The van der Waals surface area contributed by atoms with E-state index in [0.717, 1.165) is 3.57 Å². The van der Waals surface area contributed by atoms with Crippen LogP contribution in [-0.4, -0.2) is 28.9 Å². The van der Waals surface area contributed by atoms with Crippen molar-refractivity contribution in [3.63, 3.8) is 0 Å². The molecule has 1 unspecified atom stereocenters. The van der Waals surface area contributed by atoms with Gasteiger partial charge in [-0.1, -0.05) is 0 Å².